The molecule has 0 saturated carbocycles. The van der Waals surface area contributed by atoms with E-state index in [0.29, 0.717) is 10.6 Å². The molecule has 0 N–H and O–H groups in total. The molecule has 1 unspecified atom stereocenters. The molecule has 0 amide bonds. The number of hydrogen-bond donors (Lipinski definition) is 0. The van der Waals surface area contributed by atoms with E-state index in [0.717, 1.165) is 0 Å². The summed E-state index contributed by atoms with van der Waals surface area (Å²) in [5, 5.41) is 1.41. The Morgan fingerprint density at radius 2 is 1.25 bits per heavy atom. The van der Waals surface area contributed by atoms with Crippen molar-refractivity contribution in [1.82, 2.24) is 0 Å². The molecule has 3 rings (SSSR count). The summed E-state index contributed by atoms with van der Waals surface area (Å²) >= 11 is 0. The van der Waals surface area contributed by atoms with E-state index in [4.69, 9.17) is 0 Å². The molecule has 1 aliphatic carbocycles. The third-order valence-electron chi connectivity index (χ3n) is 4.49. The Hall–Kier alpha value is -2.95. The number of allylic oxidation sites excluding steroid dienone is 5. The second-order valence-electron chi connectivity index (χ2n) is 5.80. The fourth-order valence-electron chi connectivity index (χ4n) is 3.25. The van der Waals surface area contributed by atoms with Crippen LogP contribution in [0.4, 0.5) is 0 Å². The summed E-state index contributed by atoms with van der Waals surface area (Å²) in [4.78, 5) is 46.8. The summed E-state index contributed by atoms with van der Waals surface area (Å²) in [7, 11) is 0. The molecule has 0 heterocycles. The number of hydrogen-bond acceptors (Lipinski definition) is 4. The van der Waals surface area contributed by atoms with E-state index in [1.165, 1.54) is 6.08 Å². The van der Waals surface area contributed by atoms with Crippen LogP contribution in [0.1, 0.15) is 0 Å². The third kappa shape index (κ3) is 3.44. The number of rotatable bonds is 3. The Bertz CT molecular complexity index is 1100. The summed E-state index contributed by atoms with van der Waals surface area (Å²) < 4.78 is 0. The molecule has 0 bridgehead atoms. The minimum absolute atomic E-state index is 0. The zero-order chi connectivity index (χ0) is 19.3. The minimum Gasteiger partial charge on any atom is -0.234 e. The van der Waals surface area contributed by atoms with Crippen molar-refractivity contribution < 1.29 is 36.0 Å². The van der Waals surface area contributed by atoms with Gasteiger partial charge in [-0.15, -0.1) is 0 Å². The molecule has 2 aromatic rings. The minimum atomic E-state index is -2.95. The normalized spacial score (nSPS) is 15.6. The molecule has 1 atom stereocenters. The van der Waals surface area contributed by atoms with Crippen LogP contribution < -0.4 is 10.6 Å². The molecule has 0 aromatic heterocycles. The Labute approximate surface area is 172 Å². The van der Waals surface area contributed by atoms with Crippen LogP contribution in [-0.4, -0.2) is 29.1 Å². The molecule has 28 heavy (non-hydrogen) atoms. The van der Waals surface area contributed by atoms with Gasteiger partial charge >= 0.3 is 0 Å². The van der Waals surface area contributed by atoms with Crippen molar-refractivity contribution in [3.63, 3.8) is 0 Å². The molecule has 139 valence electrons. The van der Waals surface area contributed by atoms with Crippen molar-refractivity contribution in [2.24, 2.45) is 0 Å². The van der Waals surface area contributed by atoms with Crippen LogP contribution in [0.15, 0.2) is 89.5 Å². The number of benzene rings is 2. The first-order chi connectivity index (χ1) is 13.2. The van der Waals surface area contributed by atoms with Crippen molar-refractivity contribution in [1.29, 1.82) is 0 Å². The summed E-state index contributed by atoms with van der Waals surface area (Å²) in [5.74, 6) is 5.04. The SMILES string of the molecule is O=C=C1C=CC(P(=C=O)(c2ccccc2)c2ccccc2)C(=C=O)C1=C=O.[Co]. The maximum absolute atomic E-state index is 12.5. The molecule has 0 saturated heterocycles. The Morgan fingerprint density at radius 3 is 1.64 bits per heavy atom. The summed E-state index contributed by atoms with van der Waals surface area (Å²) in [6.45, 7) is -2.95. The van der Waals surface area contributed by atoms with E-state index in [2.05, 4.69) is 5.66 Å². The van der Waals surface area contributed by atoms with Gasteiger partial charge in [-0.1, -0.05) is 66.7 Å². The van der Waals surface area contributed by atoms with Crippen molar-refractivity contribution in [2.75, 3.05) is 0 Å². The van der Waals surface area contributed by atoms with E-state index in [1.807, 2.05) is 12.1 Å². The van der Waals surface area contributed by atoms with Gasteiger partial charge in [-0.05, 0) is 16.7 Å². The topological polar surface area (TPSA) is 68.3 Å². The number of carbonyl (C=O) groups excluding carboxylic acids is 4. The van der Waals surface area contributed by atoms with E-state index in [9.17, 15) is 19.2 Å². The van der Waals surface area contributed by atoms with Crippen molar-refractivity contribution in [3.05, 3.63) is 89.5 Å². The average molecular weight is 431 g/mol. The van der Waals surface area contributed by atoms with Crippen molar-refractivity contribution in [3.8, 4) is 0 Å². The summed E-state index contributed by atoms with van der Waals surface area (Å²) in [5.41, 5.74) is 1.08. The summed E-state index contributed by atoms with van der Waals surface area (Å²) in [6, 6.07) is 18.1. The quantitative estimate of drug-likeness (QED) is 0.551. The van der Waals surface area contributed by atoms with Crippen LogP contribution in [0.5, 0.6) is 0 Å². The van der Waals surface area contributed by atoms with E-state index >= 15 is 0 Å². The van der Waals surface area contributed by atoms with Gasteiger partial charge in [0.05, 0.1) is 22.4 Å². The van der Waals surface area contributed by atoms with Gasteiger partial charge in [0.1, 0.15) is 23.5 Å². The Morgan fingerprint density at radius 1 is 0.714 bits per heavy atom. The van der Waals surface area contributed by atoms with Gasteiger partial charge in [-0.2, -0.15) is 0 Å². The molecule has 0 spiro atoms. The van der Waals surface area contributed by atoms with Gasteiger partial charge in [0.25, 0.3) is 0 Å². The van der Waals surface area contributed by atoms with Crippen LogP contribution in [0.3, 0.4) is 0 Å². The molecule has 0 aliphatic heterocycles. The van der Waals surface area contributed by atoms with Crippen LogP contribution >= 0.6 is 6.89 Å². The van der Waals surface area contributed by atoms with Crippen LogP contribution in [0.2, 0.25) is 0 Å². The average Bonchev–Trinajstić information content (AvgIpc) is 2.75. The second kappa shape index (κ2) is 9.31. The molecule has 6 heteroatoms. The van der Waals surface area contributed by atoms with E-state index in [-0.39, 0.29) is 33.5 Å². The second-order valence-corrected chi connectivity index (χ2v) is 9.01. The van der Waals surface area contributed by atoms with Gasteiger partial charge < -0.3 is 0 Å². The largest absolute Gasteiger partial charge is 0.234 e. The fraction of sp³-hybridized carbons (Fsp3) is 0.0455. The van der Waals surface area contributed by atoms with E-state index in [1.54, 1.807) is 72.4 Å². The van der Waals surface area contributed by atoms with Gasteiger partial charge in [-0.25, -0.2) is 19.2 Å². The smallest absolute Gasteiger partial charge is 0.134 e. The third-order valence-corrected chi connectivity index (χ3v) is 8.27. The van der Waals surface area contributed by atoms with Crippen LogP contribution in [0.25, 0.3) is 0 Å². The predicted molar refractivity (Wildman–Crippen MR) is 105 cm³/mol. The molecular formula is C22H13CoO4P. The molecule has 2 aromatic carbocycles. The van der Waals surface area contributed by atoms with Gasteiger partial charge in [0.15, 0.2) is 0 Å². The van der Waals surface area contributed by atoms with Crippen LogP contribution in [-0.2, 0) is 36.0 Å². The van der Waals surface area contributed by atoms with E-state index < -0.39 is 12.5 Å². The molecule has 1 radical (unpaired) electrons. The monoisotopic (exact) mass is 431 g/mol. The van der Waals surface area contributed by atoms with Gasteiger partial charge in [0, 0.05) is 23.7 Å². The first-order valence-electron chi connectivity index (χ1n) is 8.06. The van der Waals surface area contributed by atoms with Gasteiger partial charge in [0.2, 0.25) is 0 Å². The maximum atomic E-state index is 12.5. The standard InChI is InChI=1S/C22H13O4P.Co/c23-13-17-11-12-22(21(15-25)20(17)14-24)27(16-26,18-7-3-1-4-8-18)19-9-5-2-6-10-19;/h1-12,22H;. The fourth-order valence-corrected chi connectivity index (χ4v) is 6.71. The zero-order valence-corrected chi connectivity index (χ0v) is 16.4. The van der Waals surface area contributed by atoms with Crippen LogP contribution in [0, 0.1) is 0 Å². The molecule has 0 fully saturated rings. The molecule has 1 aliphatic rings. The molecular weight excluding hydrogens is 418 g/mol. The summed E-state index contributed by atoms with van der Waals surface area (Å²) in [6.07, 6.45) is 2.98. The first kappa shape index (κ1) is 21.3. The first-order valence-corrected chi connectivity index (χ1v) is 9.92. The van der Waals surface area contributed by atoms with Gasteiger partial charge in [-0.3, -0.25) is 0 Å². The predicted octanol–water partition coefficient (Wildman–Crippen LogP) is 1.93. The maximum Gasteiger partial charge on any atom is 0.134 e. The molecule has 4 nitrogen and oxygen atoms in total. The Balaban J connectivity index is 0.00000280. The van der Waals surface area contributed by atoms with Crippen molar-refractivity contribution >= 4 is 41.0 Å². The zero-order valence-electron chi connectivity index (χ0n) is 14.4. The Kier molecular flexibility index (Phi) is 7.10. The van der Waals surface area contributed by atoms with Crippen molar-refractivity contribution in [2.45, 2.75) is 5.66 Å².